The van der Waals surface area contributed by atoms with Crippen LogP contribution in [-0.2, 0) is 19.1 Å². The first-order valence-electron chi connectivity index (χ1n) is 12.4. The number of ether oxygens (including phenoxy) is 1. The lowest BCUT2D eigenvalue weighted by Crippen LogP contribution is -2.56. The molecule has 9 nitrogen and oxygen atoms in total. The van der Waals surface area contributed by atoms with E-state index in [4.69, 9.17) is 4.74 Å². The first kappa shape index (κ1) is 27.7. The van der Waals surface area contributed by atoms with Gasteiger partial charge in [0, 0.05) is 27.1 Å². The molecule has 0 aliphatic heterocycles. The van der Waals surface area contributed by atoms with Crippen molar-refractivity contribution < 1.29 is 29.0 Å². The number of alkyl carbamates (subject to hydrolysis) is 1. The number of amides is 3. The fraction of sp³-hybridized carbons (Fsp3) is 0.429. The Balaban J connectivity index is 1.74. The molecule has 0 saturated heterocycles. The van der Waals surface area contributed by atoms with Crippen molar-refractivity contribution in [1.82, 2.24) is 15.1 Å². The van der Waals surface area contributed by atoms with E-state index >= 15 is 0 Å². The number of fused-ring (bicyclic) bond motifs is 3. The van der Waals surface area contributed by atoms with E-state index in [2.05, 4.69) is 5.32 Å². The second-order valence-electron chi connectivity index (χ2n) is 9.63. The third-order valence-electron chi connectivity index (χ3n) is 7.01. The molecule has 0 unspecified atom stereocenters. The topological polar surface area (TPSA) is 116 Å². The average molecular weight is 510 g/mol. The molecule has 1 aliphatic carbocycles. The molecule has 0 spiro atoms. The SMILES string of the molecule is CC[C@H](C)[C@H](NC(=O)OCC1c2ccccc2-c2ccccc21)C(=O)N(C)[C@@H](CC(=O)O)C(=O)N(C)C. The van der Waals surface area contributed by atoms with Crippen molar-refractivity contribution in [2.45, 2.75) is 44.7 Å². The molecule has 2 N–H and O–H groups in total. The van der Waals surface area contributed by atoms with Gasteiger partial charge < -0.3 is 25.0 Å². The summed E-state index contributed by atoms with van der Waals surface area (Å²) in [7, 11) is 4.37. The quantitative estimate of drug-likeness (QED) is 0.508. The number of aliphatic carboxylic acids is 1. The van der Waals surface area contributed by atoms with Gasteiger partial charge in [-0.25, -0.2) is 4.79 Å². The number of carboxylic acid groups (broad SMARTS) is 1. The van der Waals surface area contributed by atoms with Gasteiger partial charge in [-0.1, -0.05) is 68.8 Å². The third kappa shape index (κ3) is 6.10. The van der Waals surface area contributed by atoms with Crippen molar-refractivity contribution in [2.24, 2.45) is 5.92 Å². The number of carbonyl (C=O) groups excluding carboxylic acids is 3. The molecule has 9 heteroatoms. The number of hydrogen-bond donors (Lipinski definition) is 2. The molecule has 0 saturated carbocycles. The highest BCUT2D eigenvalue weighted by Crippen LogP contribution is 2.44. The van der Waals surface area contributed by atoms with Crippen molar-refractivity contribution in [3.8, 4) is 11.1 Å². The highest BCUT2D eigenvalue weighted by Gasteiger charge is 2.37. The minimum Gasteiger partial charge on any atom is -0.481 e. The fourth-order valence-corrected chi connectivity index (χ4v) is 4.68. The van der Waals surface area contributed by atoms with Crippen molar-refractivity contribution in [2.75, 3.05) is 27.7 Å². The van der Waals surface area contributed by atoms with Crippen LogP contribution >= 0.6 is 0 Å². The molecule has 1 aliphatic rings. The van der Waals surface area contributed by atoms with Crippen molar-refractivity contribution in [3.05, 3.63) is 59.7 Å². The standard InChI is InChI=1S/C28H35N3O6/c1-6-17(2)25(27(35)31(5)23(15-24(32)33)26(34)30(3)4)29-28(36)37-16-22-20-13-9-7-11-18(20)19-12-8-10-14-21(19)22/h7-14,17,22-23,25H,6,15-16H2,1-5H3,(H,29,36)(H,32,33)/t17-,23-,25-/m0/s1. The zero-order chi connectivity index (χ0) is 27.3. The zero-order valence-corrected chi connectivity index (χ0v) is 21.9. The Hall–Kier alpha value is -3.88. The number of carbonyl (C=O) groups is 4. The number of likely N-dealkylation sites (N-methyl/N-ethyl adjacent to an activating group) is 2. The molecule has 0 bridgehead atoms. The summed E-state index contributed by atoms with van der Waals surface area (Å²) in [6, 6.07) is 13.8. The monoisotopic (exact) mass is 509 g/mol. The Morgan fingerprint density at radius 2 is 1.49 bits per heavy atom. The summed E-state index contributed by atoms with van der Waals surface area (Å²) in [6.07, 6.45) is -0.723. The summed E-state index contributed by atoms with van der Waals surface area (Å²) in [4.78, 5) is 52.7. The number of nitrogens with zero attached hydrogens (tertiary/aromatic N) is 2. The molecule has 0 heterocycles. The van der Waals surface area contributed by atoms with Gasteiger partial charge in [0.05, 0.1) is 6.42 Å². The van der Waals surface area contributed by atoms with Gasteiger partial charge in [0.2, 0.25) is 11.8 Å². The molecular weight excluding hydrogens is 474 g/mol. The number of rotatable bonds is 10. The number of carboxylic acids is 1. The normalized spacial score (nSPS) is 14.5. The highest BCUT2D eigenvalue weighted by atomic mass is 16.5. The molecule has 198 valence electrons. The van der Waals surface area contributed by atoms with Gasteiger partial charge in [0.25, 0.3) is 0 Å². The fourth-order valence-electron chi connectivity index (χ4n) is 4.68. The van der Waals surface area contributed by atoms with Crippen LogP contribution in [0.5, 0.6) is 0 Å². The minimum absolute atomic E-state index is 0.0951. The molecule has 0 fully saturated rings. The van der Waals surface area contributed by atoms with Gasteiger partial charge in [-0.3, -0.25) is 14.4 Å². The van der Waals surface area contributed by atoms with Crippen LogP contribution in [0.1, 0.15) is 43.7 Å². The number of nitrogens with one attached hydrogen (secondary N) is 1. The molecule has 3 atom stereocenters. The zero-order valence-electron chi connectivity index (χ0n) is 21.9. The number of hydrogen-bond acceptors (Lipinski definition) is 5. The van der Waals surface area contributed by atoms with Crippen LogP contribution in [0.3, 0.4) is 0 Å². The van der Waals surface area contributed by atoms with Crippen LogP contribution < -0.4 is 5.32 Å². The van der Waals surface area contributed by atoms with E-state index in [1.54, 1.807) is 6.92 Å². The predicted octanol–water partition coefficient (Wildman–Crippen LogP) is 3.33. The van der Waals surface area contributed by atoms with Crippen molar-refractivity contribution in [3.63, 3.8) is 0 Å². The van der Waals surface area contributed by atoms with Crippen LogP contribution in [0.2, 0.25) is 0 Å². The van der Waals surface area contributed by atoms with E-state index in [0.29, 0.717) is 6.42 Å². The molecule has 3 amide bonds. The Bertz CT molecular complexity index is 1120. The first-order valence-corrected chi connectivity index (χ1v) is 12.4. The van der Waals surface area contributed by atoms with Gasteiger partial charge in [0.15, 0.2) is 0 Å². The Morgan fingerprint density at radius 3 is 1.97 bits per heavy atom. The second kappa shape index (κ2) is 11.9. The summed E-state index contributed by atoms with van der Waals surface area (Å²) in [5.41, 5.74) is 4.36. The van der Waals surface area contributed by atoms with E-state index in [0.717, 1.165) is 27.2 Å². The van der Waals surface area contributed by atoms with Crippen LogP contribution in [0, 0.1) is 5.92 Å². The van der Waals surface area contributed by atoms with Gasteiger partial charge in [0.1, 0.15) is 18.7 Å². The maximum atomic E-state index is 13.4. The van der Waals surface area contributed by atoms with Crippen LogP contribution in [-0.4, -0.2) is 78.6 Å². The molecule has 37 heavy (non-hydrogen) atoms. The summed E-state index contributed by atoms with van der Waals surface area (Å²) < 4.78 is 5.62. The van der Waals surface area contributed by atoms with Crippen molar-refractivity contribution >= 4 is 23.9 Å². The lowest BCUT2D eigenvalue weighted by atomic mass is 9.97. The molecule has 0 radical (unpaired) electrons. The molecule has 3 rings (SSSR count). The van der Waals surface area contributed by atoms with E-state index < -0.39 is 42.4 Å². The van der Waals surface area contributed by atoms with Crippen molar-refractivity contribution in [1.29, 1.82) is 0 Å². The summed E-state index contributed by atoms with van der Waals surface area (Å²) in [6.45, 7) is 3.78. The summed E-state index contributed by atoms with van der Waals surface area (Å²) in [5.74, 6) is -2.68. The third-order valence-corrected chi connectivity index (χ3v) is 7.01. The average Bonchev–Trinajstić information content (AvgIpc) is 3.21. The van der Waals surface area contributed by atoms with E-state index in [1.807, 2.05) is 55.5 Å². The highest BCUT2D eigenvalue weighted by molar-refractivity contribution is 5.93. The summed E-state index contributed by atoms with van der Waals surface area (Å²) >= 11 is 0. The van der Waals surface area contributed by atoms with Crippen LogP contribution in [0.4, 0.5) is 4.79 Å². The largest absolute Gasteiger partial charge is 0.481 e. The smallest absolute Gasteiger partial charge is 0.407 e. The van der Waals surface area contributed by atoms with E-state index in [-0.39, 0.29) is 18.4 Å². The molecule has 0 aromatic heterocycles. The maximum absolute atomic E-state index is 13.4. The molecule has 2 aromatic carbocycles. The van der Waals surface area contributed by atoms with E-state index in [9.17, 15) is 24.3 Å². The molecular formula is C28H35N3O6. The minimum atomic E-state index is -1.20. The summed E-state index contributed by atoms with van der Waals surface area (Å²) in [5, 5.41) is 12.0. The van der Waals surface area contributed by atoms with Gasteiger partial charge in [-0.05, 0) is 28.2 Å². The number of benzene rings is 2. The van der Waals surface area contributed by atoms with Gasteiger partial charge >= 0.3 is 12.1 Å². The van der Waals surface area contributed by atoms with Gasteiger partial charge in [-0.15, -0.1) is 0 Å². The lowest BCUT2D eigenvalue weighted by Gasteiger charge is -2.33. The lowest BCUT2D eigenvalue weighted by molar-refractivity contribution is -0.149. The van der Waals surface area contributed by atoms with Crippen LogP contribution in [0.15, 0.2) is 48.5 Å². The van der Waals surface area contributed by atoms with Crippen LogP contribution in [0.25, 0.3) is 11.1 Å². The Labute approximate surface area is 217 Å². The Morgan fingerprint density at radius 1 is 0.946 bits per heavy atom. The maximum Gasteiger partial charge on any atom is 0.407 e. The Kier molecular flexibility index (Phi) is 8.91. The first-order chi connectivity index (χ1) is 17.6. The van der Waals surface area contributed by atoms with E-state index in [1.165, 1.54) is 26.0 Å². The molecule has 2 aromatic rings. The second-order valence-corrected chi connectivity index (χ2v) is 9.63. The van der Waals surface area contributed by atoms with Gasteiger partial charge in [-0.2, -0.15) is 0 Å². The predicted molar refractivity (Wildman–Crippen MR) is 139 cm³/mol.